The molecule has 146 valence electrons. The first-order chi connectivity index (χ1) is 13.3. The molecule has 0 fully saturated rings. The maximum atomic E-state index is 14.0. The Morgan fingerprint density at radius 3 is 2.68 bits per heavy atom. The summed E-state index contributed by atoms with van der Waals surface area (Å²) in [4.78, 5) is 4.57. The number of amidine groups is 1. The molecule has 3 aromatic carbocycles. The van der Waals surface area contributed by atoms with Crippen molar-refractivity contribution in [2.24, 2.45) is 4.99 Å². The molecule has 0 aromatic heterocycles. The molecule has 0 radical (unpaired) electrons. The summed E-state index contributed by atoms with van der Waals surface area (Å²) < 4.78 is 25.3. The first kappa shape index (κ1) is 20.1. The molecule has 0 amide bonds. The molecule has 4 nitrogen and oxygen atoms in total. The van der Waals surface area contributed by atoms with Crippen LogP contribution in [-0.4, -0.2) is 39.2 Å². The fourth-order valence-corrected chi connectivity index (χ4v) is 3.39. The number of rotatable bonds is 6. The lowest BCUT2D eigenvalue weighted by atomic mass is 9.93. The number of benzene rings is 3. The molecule has 1 aliphatic rings. The van der Waals surface area contributed by atoms with Gasteiger partial charge in [-0.1, -0.05) is 36.4 Å². The molecule has 4 rings (SSSR count). The van der Waals surface area contributed by atoms with Crippen LogP contribution >= 0.6 is 12.4 Å². The van der Waals surface area contributed by atoms with E-state index in [0.717, 1.165) is 46.4 Å². The van der Waals surface area contributed by atoms with E-state index in [1.807, 2.05) is 24.3 Å². The van der Waals surface area contributed by atoms with Gasteiger partial charge in [-0.3, -0.25) is 4.99 Å². The summed E-state index contributed by atoms with van der Waals surface area (Å²) in [6.45, 7) is 2.40. The zero-order chi connectivity index (χ0) is 18.6. The Balaban J connectivity index is 0.00000225. The maximum absolute atomic E-state index is 14.0. The Morgan fingerprint density at radius 1 is 1.07 bits per heavy atom. The molecule has 0 saturated carbocycles. The molecule has 28 heavy (non-hydrogen) atoms. The van der Waals surface area contributed by atoms with E-state index in [4.69, 9.17) is 9.47 Å². The second kappa shape index (κ2) is 9.04. The van der Waals surface area contributed by atoms with Crippen molar-refractivity contribution in [2.75, 3.05) is 33.4 Å². The molecule has 0 spiro atoms. The molecule has 3 aromatic rings. The minimum absolute atomic E-state index is 0. The van der Waals surface area contributed by atoms with E-state index in [9.17, 15) is 4.39 Å². The number of methoxy groups -OCH3 is 1. The van der Waals surface area contributed by atoms with Gasteiger partial charge in [0.15, 0.2) is 0 Å². The number of halogens is 2. The standard InChI is InChI=1S/C22H21FN2O2.ClH/c1-26-11-12-27-21-19(22-24-9-10-25-22)14-15-5-2-3-8-18(15)20(21)16-6-4-7-17(23)13-16;/h2-8,13-14H,9-12H2,1H3,(H,24,25);1H. The van der Waals surface area contributed by atoms with Gasteiger partial charge in [-0.15, -0.1) is 12.4 Å². The van der Waals surface area contributed by atoms with E-state index in [-0.39, 0.29) is 18.2 Å². The third-order valence-corrected chi connectivity index (χ3v) is 4.58. The van der Waals surface area contributed by atoms with Gasteiger partial charge in [0.25, 0.3) is 0 Å². The van der Waals surface area contributed by atoms with Crippen molar-refractivity contribution >= 4 is 29.0 Å². The Hall–Kier alpha value is -2.63. The Morgan fingerprint density at radius 2 is 1.93 bits per heavy atom. The first-order valence-corrected chi connectivity index (χ1v) is 9.00. The van der Waals surface area contributed by atoms with E-state index in [1.165, 1.54) is 6.07 Å². The molecule has 0 aliphatic carbocycles. The highest BCUT2D eigenvalue weighted by atomic mass is 35.5. The van der Waals surface area contributed by atoms with Crippen molar-refractivity contribution in [3.05, 3.63) is 66.0 Å². The third-order valence-electron chi connectivity index (χ3n) is 4.58. The van der Waals surface area contributed by atoms with E-state index in [0.29, 0.717) is 19.0 Å². The highest BCUT2D eigenvalue weighted by molar-refractivity contribution is 6.11. The highest BCUT2D eigenvalue weighted by Crippen LogP contribution is 2.40. The van der Waals surface area contributed by atoms with E-state index in [1.54, 1.807) is 19.2 Å². The zero-order valence-corrected chi connectivity index (χ0v) is 16.4. The number of hydrogen-bond acceptors (Lipinski definition) is 4. The van der Waals surface area contributed by atoms with Gasteiger partial charge in [-0.2, -0.15) is 0 Å². The average molecular weight is 401 g/mol. The average Bonchev–Trinajstić information content (AvgIpc) is 3.22. The second-order valence-electron chi connectivity index (χ2n) is 6.36. The summed E-state index contributed by atoms with van der Waals surface area (Å²) in [5.41, 5.74) is 2.54. The lowest BCUT2D eigenvalue weighted by molar-refractivity contribution is 0.146. The largest absolute Gasteiger partial charge is 0.490 e. The van der Waals surface area contributed by atoms with Gasteiger partial charge in [-0.05, 0) is 34.5 Å². The van der Waals surface area contributed by atoms with Gasteiger partial charge in [0.1, 0.15) is 24.0 Å². The minimum atomic E-state index is -0.277. The molecule has 1 heterocycles. The quantitative estimate of drug-likeness (QED) is 0.622. The molecule has 1 aliphatic heterocycles. The SMILES string of the molecule is COCCOc1c(C2=NCCN2)cc2ccccc2c1-c1cccc(F)c1.Cl. The number of ether oxygens (including phenoxy) is 2. The molecule has 0 bridgehead atoms. The van der Waals surface area contributed by atoms with Crippen LogP contribution in [0.15, 0.2) is 59.6 Å². The molecule has 6 heteroatoms. The number of aliphatic imine (C=N–C) groups is 1. The van der Waals surface area contributed by atoms with Crippen LogP contribution in [0.2, 0.25) is 0 Å². The van der Waals surface area contributed by atoms with Crippen LogP contribution in [0.4, 0.5) is 4.39 Å². The van der Waals surface area contributed by atoms with Gasteiger partial charge < -0.3 is 14.8 Å². The van der Waals surface area contributed by atoms with Crippen LogP contribution in [0.25, 0.3) is 21.9 Å². The smallest absolute Gasteiger partial charge is 0.138 e. The predicted octanol–water partition coefficient (Wildman–Crippen LogP) is 4.44. The molecular weight excluding hydrogens is 379 g/mol. The number of fused-ring (bicyclic) bond motifs is 1. The maximum Gasteiger partial charge on any atom is 0.138 e. The van der Waals surface area contributed by atoms with E-state index >= 15 is 0 Å². The fraction of sp³-hybridized carbons (Fsp3) is 0.227. The van der Waals surface area contributed by atoms with Crippen LogP contribution in [-0.2, 0) is 4.74 Å². The summed E-state index contributed by atoms with van der Waals surface area (Å²) in [6, 6.07) is 16.8. The number of hydrogen-bond donors (Lipinski definition) is 1. The van der Waals surface area contributed by atoms with Crippen molar-refractivity contribution < 1.29 is 13.9 Å². The van der Waals surface area contributed by atoms with Crippen molar-refractivity contribution in [3.8, 4) is 16.9 Å². The van der Waals surface area contributed by atoms with Crippen LogP contribution in [0.5, 0.6) is 5.75 Å². The molecule has 0 unspecified atom stereocenters. The van der Waals surface area contributed by atoms with Gasteiger partial charge in [0.05, 0.1) is 18.7 Å². The summed E-state index contributed by atoms with van der Waals surface area (Å²) in [5.74, 6) is 1.23. The Kier molecular flexibility index (Phi) is 6.49. The van der Waals surface area contributed by atoms with Crippen molar-refractivity contribution in [1.29, 1.82) is 0 Å². The monoisotopic (exact) mass is 400 g/mol. The Labute approximate surface area is 169 Å². The first-order valence-electron chi connectivity index (χ1n) is 9.00. The van der Waals surface area contributed by atoms with Crippen LogP contribution in [0.1, 0.15) is 5.56 Å². The van der Waals surface area contributed by atoms with Gasteiger partial charge in [-0.25, -0.2) is 4.39 Å². The zero-order valence-electron chi connectivity index (χ0n) is 15.6. The Bertz CT molecular complexity index is 1010. The predicted molar refractivity (Wildman–Crippen MR) is 113 cm³/mol. The second-order valence-corrected chi connectivity index (χ2v) is 6.36. The van der Waals surface area contributed by atoms with Crippen LogP contribution in [0.3, 0.4) is 0 Å². The molecule has 0 saturated heterocycles. The van der Waals surface area contributed by atoms with E-state index < -0.39 is 0 Å². The number of nitrogens with zero attached hydrogens (tertiary/aromatic N) is 1. The van der Waals surface area contributed by atoms with Gasteiger partial charge in [0, 0.05) is 19.2 Å². The van der Waals surface area contributed by atoms with E-state index in [2.05, 4.69) is 22.4 Å². The topological polar surface area (TPSA) is 42.9 Å². The molecule has 1 N–H and O–H groups in total. The summed E-state index contributed by atoms with van der Waals surface area (Å²) >= 11 is 0. The van der Waals surface area contributed by atoms with Gasteiger partial charge >= 0.3 is 0 Å². The molecular formula is C22H22ClFN2O2. The highest BCUT2D eigenvalue weighted by Gasteiger charge is 2.21. The van der Waals surface area contributed by atoms with Crippen molar-refractivity contribution in [1.82, 2.24) is 5.32 Å². The van der Waals surface area contributed by atoms with Crippen LogP contribution < -0.4 is 10.1 Å². The lowest BCUT2D eigenvalue weighted by Crippen LogP contribution is -2.21. The summed E-state index contributed by atoms with van der Waals surface area (Å²) in [7, 11) is 1.64. The summed E-state index contributed by atoms with van der Waals surface area (Å²) in [5, 5.41) is 5.39. The van der Waals surface area contributed by atoms with Crippen LogP contribution in [0, 0.1) is 5.82 Å². The van der Waals surface area contributed by atoms with Gasteiger partial charge in [0.2, 0.25) is 0 Å². The van der Waals surface area contributed by atoms with Crippen molar-refractivity contribution in [2.45, 2.75) is 0 Å². The van der Waals surface area contributed by atoms with Crippen molar-refractivity contribution in [3.63, 3.8) is 0 Å². The normalized spacial score (nSPS) is 13.0. The number of nitrogens with one attached hydrogen (secondary N) is 1. The summed E-state index contributed by atoms with van der Waals surface area (Å²) in [6.07, 6.45) is 0. The molecule has 0 atom stereocenters. The minimum Gasteiger partial charge on any atom is -0.490 e. The lowest BCUT2D eigenvalue weighted by Gasteiger charge is -2.19. The third kappa shape index (κ3) is 3.96. The fourth-order valence-electron chi connectivity index (χ4n) is 3.39.